The topological polar surface area (TPSA) is 91.3 Å². The van der Waals surface area contributed by atoms with Crippen molar-refractivity contribution in [1.29, 1.82) is 0 Å². The highest BCUT2D eigenvalue weighted by Gasteiger charge is 2.22. The molecule has 0 aromatic heterocycles. The van der Waals surface area contributed by atoms with Crippen LogP contribution in [-0.4, -0.2) is 37.4 Å². The Morgan fingerprint density at radius 1 is 0.889 bits per heavy atom. The van der Waals surface area contributed by atoms with E-state index in [1.165, 1.54) is 20.3 Å². The molecule has 1 atom stereocenters. The number of rotatable bonds is 12. The molecule has 1 N–H and O–H groups in total. The van der Waals surface area contributed by atoms with Crippen LogP contribution in [0.25, 0.3) is 0 Å². The third-order valence-electron chi connectivity index (χ3n) is 5.25. The number of hydrogen-bond donors (Lipinski definition) is 1. The second kappa shape index (κ2) is 13.2. The highest BCUT2D eigenvalue weighted by Crippen LogP contribution is 2.28. The Morgan fingerprint density at radius 2 is 1.53 bits per heavy atom. The summed E-state index contributed by atoms with van der Waals surface area (Å²) in [5.74, 6) is -0.260. The van der Waals surface area contributed by atoms with E-state index in [0.29, 0.717) is 35.1 Å². The molecule has 8 heteroatoms. The number of ether oxygens (including phenoxy) is 4. The average Bonchev–Trinajstić information content (AvgIpc) is 2.88. The van der Waals surface area contributed by atoms with Crippen LogP contribution in [0.2, 0.25) is 5.02 Å². The molecule has 0 aliphatic rings. The fourth-order valence-electron chi connectivity index (χ4n) is 3.34. The number of hydrogen-bond acceptors (Lipinski definition) is 6. The number of esters is 1. The van der Waals surface area contributed by atoms with Crippen molar-refractivity contribution >= 4 is 23.5 Å². The first-order valence-electron chi connectivity index (χ1n) is 11.1. The zero-order chi connectivity index (χ0) is 25.9. The van der Waals surface area contributed by atoms with Crippen LogP contribution in [0.5, 0.6) is 17.2 Å². The van der Waals surface area contributed by atoms with Gasteiger partial charge in [-0.15, -0.1) is 0 Å². The van der Waals surface area contributed by atoms with Crippen LogP contribution in [0, 0.1) is 0 Å². The first-order chi connectivity index (χ1) is 17.4. The lowest BCUT2D eigenvalue weighted by atomic mass is 10.1. The molecule has 3 aromatic carbocycles. The predicted octanol–water partition coefficient (Wildman–Crippen LogP) is 5.27. The molecule has 7 nitrogen and oxygen atoms in total. The van der Waals surface area contributed by atoms with Crippen molar-refractivity contribution in [3.05, 3.63) is 101 Å². The van der Waals surface area contributed by atoms with E-state index in [2.05, 4.69) is 0 Å². The van der Waals surface area contributed by atoms with Crippen molar-refractivity contribution in [2.75, 3.05) is 14.2 Å². The molecule has 0 fully saturated rings. The second-order valence-corrected chi connectivity index (χ2v) is 8.26. The molecule has 0 saturated heterocycles. The number of carbonyl (C=O) groups excluding carboxylic acids is 1. The summed E-state index contributed by atoms with van der Waals surface area (Å²) in [4.78, 5) is 23.8. The summed E-state index contributed by atoms with van der Waals surface area (Å²) in [5.41, 5.74) is 2.60. The maximum absolute atomic E-state index is 12.2. The first-order valence-corrected chi connectivity index (χ1v) is 11.5. The largest absolute Gasteiger partial charge is 0.493 e. The molecule has 188 valence electrons. The molecule has 3 aromatic rings. The second-order valence-electron chi connectivity index (χ2n) is 7.82. The summed E-state index contributed by atoms with van der Waals surface area (Å²) in [6.45, 7) is 0.427. The molecule has 0 aliphatic carbocycles. The van der Waals surface area contributed by atoms with Crippen LogP contribution in [0.4, 0.5) is 0 Å². The van der Waals surface area contributed by atoms with E-state index >= 15 is 0 Å². The van der Waals surface area contributed by atoms with E-state index in [1.54, 1.807) is 24.3 Å². The van der Waals surface area contributed by atoms with Gasteiger partial charge < -0.3 is 24.1 Å². The Balaban J connectivity index is 1.50. The molecule has 0 amide bonds. The van der Waals surface area contributed by atoms with Gasteiger partial charge in [0, 0.05) is 17.5 Å². The quantitative estimate of drug-likeness (QED) is 0.262. The van der Waals surface area contributed by atoms with Gasteiger partial charge in [-0.3, -0.25) is 0 Å². The number of aliphatic carboxylic acids is 1. The van der Waals surface area contributed by atoms with Crippen molar-refractivity contribution < 1.29 is 33.6 Å². The van der Waals surface area contributed by atoms with Gasteiger partial charge in [-0.25, -0.2) is 9.59 Å². The molecule has 0 heterocycles. The van der Waals surface area contributed by atoms with E-state index in [4.69, 9.17) is 30.5 Å². The van der Waals surface area contributed by atoms with Gasteiger partial charge >= 0.3 is 11.9 Å². The van der Waals surface area contributed by atoms with Crippen LogP contribution in [0.1, 0.15) is 16.7 Å². The Labute approximate surface area is 214 Å². The fourth-order valence-corrected chi connectivity index (χ4v) is 3.47. The molecular weight excluding hydrogens is 484 g/mol. The zero-order valence-electron chi connectivity index (χ0n) is 20.0. The van der Waals surface area contributed by atoms with Crippen LogP contribution in [0.3, 0.4) is 0 Å². The summed E-state index contributed by atoms with van der Waals surface area (Å²) < 4.78 is 21.3. The number of benzene rings is 3. The maximum Gasteiger partial charge on any atom is 0.345 e. The number of carboxylic acids is 1. The molecule has 3 rings (SSSR count). The van der Waals surface area contributed by atoms with Crippen molar-refractivity contribution in [2.45, 2.75) is 25.6 Å². The Morgan fingerprint density at radius 3 is 2.17 bits per heavy atom. The molecule has 0 saturated carbocycles. The van der Waals surface area contributed by atoms with Gasteiger partial charge in [0.2, 0.25) is 6.10 Å². The van der Waals surface area contributed by atoms with Crippen molar-refractivity contribution in [3.8, 4) is 17.2 Å². The lowest BCUT2D eigenvalue weighted by Gasteiger charge is -2.14. The maximum atomic E-state index is 12.2. The zero-order valence-corrected chi connectivity index (χ0v) is 20.7. The predicted molar refractivity (Wildman–Crippen MR) is 136 cm³/mol. The number of methoxy groups -OCH3 is 2. The van der Waals surface area contributed by atoms with E-state index < -0.39 is 18.0 Å². The average molecular weight is 511 g/mol. The SMILES string of the molecule is COc1ccc(CC(OC(=O)/C=C/Cc2ccc(OCc3ccc(Cl)cc3)cc2)C(=O)O)cc1OC. The number of allylic oxidation sites excluding steroid dienone is 1. The van der Waals surface area contributed by atoms with E-state index in [0.717, 1.165) is 16.9 Å². The van der Waals surface area contributed by atoms with E-state index in [9.17, 15) is 14.7 Å². The van der Waals surface area contributed by atoms with Crippen molar-refractivity contribution in [3.63, 3.8) is 0 Å². The fraction of sp³-hybridized carbons (Fsp3) is 0.214. The number of halogens is 1. The normalized spacial score (nSPS) is 11.6. The number of carbonyl (C=O) groups is 2. The third-order valence-corrected chi connectivity index (χ3v) is 5.50. The van der Waals surface area contributed by atoms with Gasteiger partial charge in [-0.1, -0.05) is 48.0 Å². The molecule has 0 spiro atoms. The Bertz CT molecular complexity index is 1190. The Kier molecular flexibility index (Phi) is 9.77. The summed E-state index contributed by atoms with van der Waals surface area (Å²) >= 11 is 5.89. The lowest BCUT2D eigenvalue weighted by Crippen LogP contribution is -2.28. The molecule has 0 radical (unpaired) electrons. The number of carboxylic acid groups (broad SMARTS) is 1. The van der Waals surface area contributed by atoms with E-state index in [1.807, 2.05) is 48.5 Å². The first kappa shape index (κ1) is 26.6. The van der Waals surface area contributed by atoms with Gasteiger partial charge in [0.25, 0.3) is 0 Å². The van der Waals surface area contributed by atoms with Crippen LogP contribution >= 0.6 is 11.6 Å². The Hall–Kier alpha value is -3.97. The van der Waals surface area contributed by atoms with Crippen molar-refractivity contribution in [2.24, 2.45) is 0 Å². The summed E-state index contributed by atoms with van der Waals surface area (Å²) in [5, 5.41) is 10.2. The highest BCUT2D eigenvalue weighted by molar-refractivity contribution is 6.30. The molecular formula is C28H27ClO7. The lowest BCUT2D eigenvalue weighted by molar-refractivity contribution is -0.160. The highest BCUT2D eigenvalue weighted by atomic mass is 35.5. The van der Waals surface area contributed by atoms with Gasteiger partial charge in [-0.2, -0.15) is 0 Å². The molecule has 1 unspecified atom stereocenters. The molecule has 36 heavy (non-hydrogen) atoms. The van der Waals surface area contributed by atoms with Crippen LogP contribution in [0.15, 0.2) is 78.9 Å². The smallest absolute Gasteiger partial charge is 0.345 e. The third kappa shape index (κ3) is 8.06. The minimum Gasteiger partial charge on any atom is -0.493 e. The summed E-state index contributed by atoms with van der Waals surface area (Å²) in [6.07, 6.45) is 1.99. The summed E-state index contributed by atoms with van der Waals surface area (Å²) in [7, 11) is 3.00. The van der Waals surface area contributed by atoms with Gasteiger partial charge in [0.05, 0.1) is 14.2 Å². The van der Waals surface area contributed by atoms with Crippen LogP contribution in [-0.2, 0) is 33.8 Å². The van der Waals surface area contributed by atoms with Crippen LogP contribution < -0.4 is 14.2 Å². The molecule has 0 aliphatic heterocycles. The minimum atomic E-state index is -1.34. The standard InChI is InChI=1S/C28H27ClO7/c1-33-24-15-10-21(16-25(24)34-2)17-26(28(31)32)36-27(30)5-3-4-19-8-13-23(14-9-19)35-18-20-6-11-22(29)12-7-20/h3,5-16,26H,4,17-18H2,1-2H3,(H,31,32)/b5-3+. The van der Waals surface area contributed by atoms with E-state index in [-0.39, 0.29) is 6.42 Å². The van der Waals surface area contributed by atoms with Gasteiger partial charge in [0.1, 0.15) is 12.4 Å². The molecule has 0 bridgehead atoms. The summed E-state index contributed by atoms with van der Waals surface area (Å²) in [6, 6.07) is 19.9. The van der Waals surface area contributed by atoms with Crippen molar-refractivity contribution in [1.82, 2.24) is 0 Å². The minimum absolute atomic E-state index is 0.00719. The van der Waals surface area contributed by atoms with Gasteiger partial charge in [-0.05, 0) is 59.5 Å². The van der Waals surface area contributed by atoms with Gasteiger partial charge in [0.15, 0.2) is 11.5 Å². The monoisotopic (exact) mass is 510 g/mol.